The van der Waals surface area contributed by atoms with Crippen molar-refractivity contribution in [3.8, 4) is 0 Å². The molecule has 1 nitrogen and oxygen atoms in total. The summed E-state index contributed by atoms with van der Waals surface area (Å²) in [5.41, 5.74) is 2.64. The van der Waals surface area contributed by atoms with Crippen LogP contribution < -0.4 is 5.32 Å². The molecule has 0 spiro atoms. The molecule has 1 N–H and O–H groups in total. The molecule has 0 fully saturated rings. The number of nitrogens with one attached hydrogen (secondary N) is 1. The van der Waals surface area contributed by atoms with Gasteiger partial charge in [0.1, 0.15) is 0 Å². The van der Waals surface area contributed by atoms with E-state index in [1.807, 2.05) is 13.8 Å². The van der Waals surface area contributed by atoms with E-state index in [9.17, 15) is 0 Å². The Hall–Kier alpha value is -0.980. The smallest absolute Gasteiger partial charge is 0.0344 e. The monoisotopic (exact) mass is 193 g/mol. The highest BCUT2D eigenvalue weighted by Gasteiger charge is 2.07. The van der Waals surface area contributed by atoms with Gasteiger partial charge in [-0.25, -0.2) is 0 Å². The molecule has 0 radical (unpaired) electrons. The molecule has 0 aliphatic heterocycles. The van der Waals surface area contributed by atoms with Crippen LogP contribution in [-0.2, 0) is 0 Å². The molecular weight excluding hydrogens is 170 g/mol. The first-order valence-corrected chi connectivity index (χ1v) is 5.32. The van der Waals surface area contributed by atoms with Crippen molar-refractivity contribution in [3.63, 3.8) is 0 Å². The van der Waals surface area contributed by atoms with Gasteiger partial charge in [-0.15, -0.1) is 0 Å². The Bertz CT molecular complexity index is 241. The van der Waals surface area contributed by atoms with Crippen molar-refractivity contribution in [2.24, 2.45) is 0 Å². The third kappa shape index (κ3) is 5.63. The molecule has 0 aliphatic rings. The minimum absolute atomic E-state index is 0.148. The topological polar surface area (TPSA) is 12.0 Å². The van der Waals surface area contributed by atoms with Gasteiger partial charge in [-0.3, -0.25) is 0 Å². The molecular formula is C13H23N. The summed E-state index contributed by atoms with van der Waals surface area (Å²) in [5, 5.41) is 3.41. The number of rotatable bonds is 1. The van der Waals surface area contributed by atoms with Crippen LogP contribution in [0, 0.1) is 6.92 Å². The van der Waals surface area contributed by atoms with Crippen LogP contribution in [0.4, 0.5) is 5.69 Å². The Morgan fingerprint density at radius 3 is 1.71 bits per heavy atom. The molecule has 0 saturated heterocycles. The second kappa shape index (κ2) is 5.69. The third-order valence-electron chi connectivity index (χ3n) is 1.57. The molecule has 0 atom stereocenters. The van der Waals surface area contributed by atoms with Gasteiger partial charge in [0, 0.05) is 11.2 Å². The molecule has 1 aromatic carbocycles. The Labute approximate surface area is 88.5 Å². The largest absolute Gasteiger partial charge is 0.380 e. The number of aryl methyl sites for hydroxylation is 1. The average molecular weight is 193 g/mol. The highest BCUT2D eigenvalue weighted by Crippen LogP contribution is 2.14. The first-order chi connectivity index (χ1) is 6.47. The van der Waals surface area contributed by atoms with Crippen molar-refractivity contribution in [2.45, 2.75) is 47.1 Å². The van der Waals surface area contributed by atoms with Crippen molar-refractivity contribution >= 4 is 5.69 Å². The summed E-state index contributed by atoms with van der Waals surface area (Å²) in [6, 6.07) is 8.46. The van der Waals surface area contributed by atoms with Gasteiger partial charge in [0.25, 0.3) is 0 Å². The van der Waals surface area contributed by atoms with Gasteiger partial charge in [-0.05, 0) is 39.8 Å². The highest BCUT2D eigenvalue weighted by atomic mass is 14.9. The van der Waals surface area contributed by atoms with Crippen molar-refractivity contribution in [2.75, 3.05) is 5.32 Å². The fraction of sp³-hybridized carbons (Fsp3) is 0.538. The number of hydrogen-bond donors (Lipinski definition) is 1. The molecule has 1 rings (SSSR count). The van der Waals surface area contributed by atoms with Gasteiger partial charge in [0.15, 0.2) is 0 Å². The summed E-state index contributed by atoms with van der Waals surface area (Å²) in [7, 11) is 0. The number of hydrogen-bond acceptors (Lipinski definition) is 1. The summed E-state index contributed by atoms with van der Waals surface area (Å²) in [4.78, 5) is 0. The predicted molar refractivity (Wildman–Crippen MR) is 65.9 cm³/mol. The maximum Gasteiger partial charge on any atom is 0.0344 e. The fourth-order valence-electron chi connectivity index (χ4n) is 1.07. The lowest BCUT2D eigenvalue weighted by Crippen LogP contribution is -2.25. The van der Waals surface area contributed by atoms with Crippen molar-refractivity contribution < 1.29 is 0 Å². The van der Waals surface area contributed by atoms with Crippen LogP contribution in [0.1, 0.15) is 40.2 Å². The minimum Gasteiger partial charge on any atom is -0.380 e. The fourth-order valence-corrected chi connectivity index (χ4v) is 1.07. The number of benzene rings is 1. The molecule has 14 heavy (non-hydrogen) atoms. The van der Waals surface area contributed by atoms with Gasteiger partial charge in [-0.1, -0.05) is 31.5 Å². The van der Waals surface area contributed by atoms with Gasteiger partial charge in [0.2, 0.25) is 0 Å². The Morgan fingerprint density at radius 1 is 0.929 bits per heavy atom. The van der Waals surface area contributed by atoms with E-state index in [2.05, 4.69) is 57.3 Å². The molecule has 0 aromatic heterocycles. The second-order valence-electron chi connectivity index (χ2n) is 4.24. The maximum atomic E-state index is 3.41. The van der Waals surface area contributed by atoms with Gasteiger partial charge in [-0.2, -0.15) is 0 Å². The first-order valence-electron chi connectivity index (χ1n) is 5.32. The van der Waals surface area contributed by atoms with Gasteiger partial charge < -0.3 is 5.32 Å². The zero-order valence-electron chi connectivity index (χ0n) is 10.3. The van der Waals surface area contributed by atoms with Crippen LogP contribution in [0.25, 0.3) is 0 Å². The normalized spacial score (nSPS) is 10.1. The predicted octanol–water partition coefficient (Wildman–Crippen LogP) is 4.23. The summed E-state index contributed by atoms with van der Waals surface area (Å²) in [6.45, 7) is 12.6. The zero-order chi connectivity index (χ0) is 11.2. The van der Waals surface area contributed by atoms with Crippen LogP contribution in [0.15, 0.2) is 24.3 Å². The Balaban J connectivity index is 0.000000791. The van der Waals surface area contributed by atoms with E-state index < -0.39 is 0 Å². The summed E-state index contributed by atoms with van der Waals surface area (Å²) in [6.07, 6.45) is 0. The van der Waals surface area contributed by atoms with Crippen LogP contribution in [0.2, 0.25) is 0 Å². The minimum atomic E-state index is 0.148. The van der Waals surface area contributed by atoms with Crippen LogP contribution in [-0.4, -0.2) is 5.54 Å². The molecule has 0 heterocycles. The first kappa shape index (κ1) is 13.0. The van der Waals surface area contributed by atoms with Gasteiger partial charge >= 0.3 is 0 Å². The second-order valence-corrected chi connectivity index (χ2v) is 4.24. The summed E-state index contributed by atoms with van der Waals surface area (Å²) >= 11 is 0. The maximum absolute atomic E-state index is 3.41. The molecule has 1 heteroatoms. The van der Waals surface area contributed by atoms with E-state index in [-0.39, 0.29) is 5.54 Å². The lowest BCUT2D eigenvalue weighted by atomic mass is 10.1. The van der Waals surface area contributed by atoms with E-state index in [4.69, 9.17) is 0 Å². The average Bonchev–Trinajstić information content (AvgIpc) is 2.10. The number of anilines is 1. The molecule has 0 saturated carbocycles. The Morgan fingerprint density at radius 2 is 1.36 bits per heavy atom. The van der Waals surface area contributed by atoms with Crippen LogP contribution in [0.3, 0.4) is 0 Å². The van der Waals surface area contributed by atoms with E-state index in [0.717, 1.165) is 0 Å². The third-order valence-corrected chi connectivity index (χ3v) is 1.57. The Kier molecular flexibility index (Phi) is 5.29. The standard InChI is InChI=1S/C11H17N.C2H6/c1-9-5-7-10(8-6-9)12-11(2,3)4;1-2/h5-8,12H,1-4H3;1-2H3. The molecule has 0 bridgehead atoms. The van der Waals surface area contributed by atoms with Crippen molar-refractivity contribution in [3.05, 3.63) is 29.8 Å². The molecule has 1 aromatic rings. The van der Waals surface area contributed by atoms with E-state index >= 15 is 0 Å². The lowest BCUT2D eigenvalue weighted by Gasteiger charge is -2.22. The summed E-state index contributed by atoms with van der Waals surface area (Å²) in [5.74, 6) is 0. The molecule has 0 aliphatic carbocycles. The summed E-state index contributed by atoms with van der Waals surface area (Å²) < 4.78 is 0. The lowest BCUT2D eigenvalue weighted by molar-refractivity contribution is 0.634. The zero-order valence-corrected chi connectivity index (χ0v) is 10.3. The molecule has 80 valence electrons. The quantitative estimate of drug-likeness (QED) is 0.703. The van der Waals surface area contributed by atoms with E-state index in [1.54, 1.807) is 0 Å². The van der Waals surface area contributed by atoms with Crippen molar-refractivity contribution in [1.29, 1.82) is 0 Å². The SMILES string of the molecule is CC.Cc1ccc(NC(C)(C)C)cc1. The van der Waals surface area contributed by atoms with Crippen molar-refractivity contribution in [1.82, 2.24) is 0 Å². The molecule has 0 amide bonds. The highest BCUT2D eigenvalue weighted by molar-refractivity contribution is 5.46. The van der Waals surface area contributed by atoms with Gasteiger partial charge in [0.05, 0.1) is 0 Å². The molecule has 0 unspecified atom stereocenters. The van der Waals surface area contributed by atoms with Crippen LogP contribution in [0.5, 0.6) is 0 Å². The van der Waals surface area contributed by atoms with E-state index in [0.29, 0.717) is 0 Å². The van der Waals surface area contributed by atoms with E-state index in [1.165, 1.54) is 11.3 Å². The van der Waals surface area contributed by atoms with Crippen LogP contribution >= 0.6 is 0 Å².